The lowest BCUT2D eigenvalue weighted by Crippen LogP contribution is -2.14. The normalized spacial score (nSPS) is 11.9. The molecule has 140 valence electrons. The van der Waals surface area contributed by atoms with Gasteiger partial charge in [0.05, 0.1) is 5.92 Å². The number of carbonyl (C=O) groups is 2. The number of hydrogen-bond acceptors (Lipinski definition) is 3. The Labute approximate surface area is 165 Å². The number of carbonyl (C=O) groups excluding carboxylic acids is 2. The monoisotopic (exact) mass is 370 g/mol. The minimum absolute atomic E-state index is 0.0613. The zero-order valence-corrected chi connectivity index (χ0v) is 15.7. The van der Waals surface area contributed by atoms with Crippen LogP contribution in [0.2, 0.25) is 0 Å². The van der Waals surface area contributed by atoms with E-state index in [0.29, 0.717) is 11.1 Å². The van der Waals surface area contributed by atoms with E-state index in [4.69, 9.17) is 4.74 Å². The van der Waals surface area contributed by atoms with Crippen LogP contribution in [0, 0.1) is 0 Å². The molecular formula is C25H22O3. The van der Waals surface area contributed by atoms with E-state index in [9.17, 15) is 9.59 Å². The first-order valence-electron chi connectivity index (χ1n) is 9.23. The van der Waals surface area contributed by atoms with E-state index in [-0.39, 0.29) is 18.4 Å². The van der Waals surface area contributed by atoms with Gasteiger partial charge in [-0.2, -0.15) is 0 Å². The third-order valence-corrected chi connectivity index (χ3v) is 4.47. The summed E-state index contributed by atoms with van der Waals surface area (Å²) >= 11 is 0. The van der Waals surface area contributed by atoms with Gasteiger partial charge in [-0.15, -0.1) is 0 Å². The van der Waals surface area contributed by atoms with Gasteiger partial charge < -0.3 is 4.74 Å². The molecule has 0 unspecified atom stereocenters. The first kappa shape index (κ1) is 19.3. The summed E-state index contributed by atoms with van der Waals surface area (Å²) in [6, 6.07) is 26.1. The van der Waals surface area contributed by atoms with Crippen LogP contribution in [0.25, 0.3) is 6.08 Å². The fourth-order valence-electron chi connectivity index (χ4n) is 2.85. The highest BCUT2D eigenvalue weighted by Gasteiger charge is 2.18. The first-order valence-corrected chi connectivity index (χ1v) is 9.23. The molecule has 0 spiro atoms. The predicted molar refractivity (Wildman–Crippen MR) is 111 cm³/mol. The maximum atomic E-state index is 12.6. The molecule has 0 N–H and O–H groups in total. The molecule has 0 aliphatic carbocycles. The van der Waals surface area contributed by atoms with Crippen molar-refractivity contribution in [2.45, 2.75) is 12.8 Å². The molecule has 3 heteroatoms. The van der Waals surface area contributed by atoms with Crippen LogP contribution in [-0.4, -0.2) is 18.4 Å². The zero-order valence-electron chi connectivity index (χ0n) is 15.7. The molecule has 0 bridgehead atoms. The van der Waals surface area contributed by atoms with E-state index in [0.717, 1.165) is 11.1 Å². The van der Waals surface area contributed by atoms with Gasteiger partial charge in [-0.1, -0.05) is 84.9 Å². The standard InChI is InChI=1S/C25H22O3/c1-19(25(27)28-17-9-12-20-10-4-2-5-11-20)22-15-8-16-23(18-22)24(26)21-13-6-3-7-14-21/h2-16,18-19H,17H2,1H3/b12-9+/t19-/m1/s1. The third kappa shape index (κ3) is 5.04. The molecule has 3 aromatic carbocycles. The molecule has 0 aliphatic heterocycles. The Balaban J connectivity index is 1.62. The van der Waals surface area contributed by atoms with Crippen molar-refractivity contribution in [2.24, 2.45) is 0 Å². The number of benzene rings is 3. The van der Waals surface area contributed by atoms with Crippen molar-refractivity contribution in [1.82, 2.24) is 0 Å². The van der Waals surface area contributed by atoms with Crippen molar-refractivity contribution in [3.8, 4) is 0 Å². The Kier molecular flexibility index (Phi) is 6.53. The van der Waals surface area contributed by atoms with Gasteiger partial charge in [0.25, 0.3) is 0 Å². The average Bonchev–Trinajstić information content (AvgIpc) is 2.77. The Morgan fingerprint density at radius 1 is 0.857 bits per heavy atom. The minimum atomic E-state index is -0.450. The molecular weight excluding hydrogens is 348 g/mol. The lowest BCUT2D eigenvalue weighted by molar-refractivity contribution is -0.143. The highest BCUT2D eigenvalue weighted by Crippen LogP contribution is 2.20. The number of rotatable bonds is 7. The smallest absolute Gasteiger partial charge is 0.313 e. The summed E-state index contributed by atoms with van der Waals surface area (Å²) < 4.78 is 5.35. The van der Waals surface area contributed by atoms with Crippen LogP contribution in [0.1, 0.15) is 39.9 Å². The van der Waals surface area contributed by atoms with Crippen LogP contribution in [0.4, 0.5) is 0 Å². The summed E-state index contributed by atoms with van der Waals surface area (Å²) in [6.07, 6.45) is 3.73. The number of hydrogen-bond donors (Lipinski definition) is 0. The molecule has 0 saturated heterocycles. The quantitative estimate of drug-likeness (QED) is 0.420. The van der Waals surface area contributed by atoms with Gasteiger partial charge in [0.1, 0.15) is 6.61 Å². The summed E-state index contributed by atoms with van der Waals surface area (Å²) in [7, 11) is 0. The third-order valence-electron chi connectivity index (χ3n) is 4.47. The maximum absolute atomic E-state index is 12.6. The molecule has 3 rings (SSSR count). The summed E-state index contributed by atoms with van der Waals surface area (Å²) in [5, 5.41) is 0. The van der Waals surface area contributed by atoms with Crippen LogP contribution in [0.5, 0.6) is 0 Å². The van der Waals surface area contributed by atoms with Crippen LogP contribution in [-0.2, 0) is 9.53 Å². The molecule has 0 fully saturated rings. The van der Waals surface area contributed by atoms with Crippen molar-refractivity contribution in [3.63, 3.8) is 0 Å². The molecule has 1 atom stereocenters. The van der Waals surface area contributed by atoms with E-state index in [1.54, 1.807) is 37.3 Å². The van der Waals surface area contributed by atoms with E-state index in [1.807, 2.05) is 66.7 Å². The van der Waals surface area contributed by atoms with Crippen molar-refractivity contribution in [1.29, 1.82) is 0 Å². The molecule has 0 heterocycles. The molecule has 28 heavy (non-hydrogen) atoms. The summed E-state index contributed by atoms with van der Waals surface area (Å²) in [5.41, 5.74) is 3.01. The topological polar surface area (TPSA) is 43.4 Å². The van der Waals surface area contributed by atoms with Crippen LogP contribution < -0.4 is 0 Å². The molecule has 3 nitrogen and oxygen atoms in total. The minimum Gasteiger partial charge on any atom is -0.461 e. The van der Waals surface area contributed by atoms with E-state index in [1.165, 1.54) is 0 Å². The van der Waals surface area contributed by atoms with Gasteiger partial charge in [-0.05, 0) is 30.2 Å². The second-order valence-electron chi connectivity index (χ2n) is 6.49. The average molecular weight is 370 g/mol. The fourth-order valence-corrected chi connectivity index (χ4v) is 2.85. The maximum Gasteiger partial charge on any atom is 0.313 e. The number of ketones is 1. The molecule has 0 radical (unpaired) electrons. The summed E-state index contributed by atoms with van der Waals surface area (Å²) in [6.45, 7) is 2.00. The van der Waals surface area contributed by atoms with E-state index >= 15 is 0 Å². The SMILES string of the molecule is C[C@@H](C(=O)OC/C=C/c1ccccc1)c1cccc(C(=O)c2ccccc2)c1. The van der Waals surface area contributed by atoms with Crippen LogP contribution in [0.15, 0.2) is 91.0 Å². The Morgan fingerprint density at radius 2 is 1.50 bits per heavy atom. The van der Waals surface area contributed by atoms with Gasteiger partial charge in [0.15, 0.2) is 5.78 Å². The fraction of sp³-hybridized carbons (Fsp3) is 0.120. The Bertz CT molecular complexity index is 959. The van der Waals surface area contributed by atoms with Gasteiger partial charge in [-0.25, -0.2) is 0 Å². The van der Waals surface area contributed by atoms with Crippen molar-refractivity contribution in [2.75, 3.05) is 6.61 Å². The van der Waals surface area contributed by atoms with Crippen molar-refractivity contribution < 1.29 is 14.3 Å². The second-order valence-corrected chi connectivity index (χ2v) is 6.49. The van der Waals surface area contributed by atoms with Crippen LogP contribution >= 0.6 is 0 Å². The zero-order chi connectivity index (χ0) is 19.8. The molecule has 0 aliphatic rings. The highest BCUT2D eigenvalue weighted by atomic mass is 16.5. The summed E-state index contributed by atoms with van der Waals surface area (Å²) in [4.78, 5) is 25.0. The predicted octanol–water partition coefficient (Wildman–Crippen LogP) is 5.28. The van der Waals surface area contributed by atoms with Gasteiger partial charge in [-0.3, -0.25) is 9.59 Å². The Hall–Kier alpha value is -3.46. The summed E-state index contributed by atoms with van der Waals surface area (Å²) in [5.74, 6) is -0.829. The van der Waals surface area contributed by atoms with Gasteiger partial charge in [0, 0.05) is 11.1 Å². The van der Waals surface area contributed by atoms with E-state index in [2.05, 4.69) is 0 Å². The number of esters is 1. The Morgan fingerprint density at radius 3 is 2.21 bits per heavy atom. The van der Waals surface area contributed by atoms with Crippen LogP contribution in [0.3, 0.4) is 0 Å². The highest BCUT2D eigenvalue weighted by molar-refractivity contribution is 6.09. The second kappa shape index (κ2) is 9.47. The van der Waals surface area contributed by atoms with Gasteiger partial charge in [0.2, 0.25) is 0 Å². The lowest BCUT2D eigenvalue weighted by atomic mass is 9.96. The lowest BCUT2D eigenvalue weighted by Gasteiger charge is -2.12. The van der Waals surface area contributed by atoms with Crippen molar-refractivity contribution in [3.05, 3.63) is 113 Å². The molecule has 0 aromatic heterocycles. The van der Waals surface area contributed by atoms with E-state index < -0.39 is 5.92 Å². The largest absolute Gasteiger partial charge is 0.461 e. The molecule has 3 aromatic rings. The first-order chi connectivity index (χ1) is 13.6. The number of ether oxygens (including phenoxy) is 1. The molecule has 0 amide bonds. The van der Waals surface area contributed by atoms with Crippen molar-refractivity contribution >= 4 is 17.8 Å². The molecule has 0 saturated carbocycles. The van der Waals surface area contributed by atoms with Gasteiger partial charge >= 0.3 is 5.97 Å².